The molecule has 0 amide bonds. The van der Waals surface area contributed by atoms with Crippen molar-refractivity contribution in [3.8, 4) is 17.1 Å². The van der Waals surface area contributed by atoms with E-state index in [4.69, 9.17) is 20.8 Å². The molecular formula is C32H31ClFN5O4S. The van der Waals surface area contributed by atoms with Gasteiger partial charge in [0.15, 0.2) is 0 Å². The van der Waals surface area contributed by atoms with Crippen molar-refractivity contribution in [1.29, 1.82) is 0 Å². The number of nitrogens with one attached hydrogen (secondary N) is 2. The number of benzene rings is 3. The lowest BCUT2D eigenvalue weighted by molar-refractivity contribution is 0.136. The highest BCUT2D eigenvalue weighted by atomic mass is 35.5. The molecule has 5 aromatic rings. The molecule has 6 rings (SSSR count). The van der Waals surface area contributed by atoms with Gasteiger partial charge in [0.1, 0.15) is 51.7 Å². The minimum atomic E-state index is -3.07. The minimum absolute atomic E-state index is 0.105. The summed E-state index contributed by atoms with van der Waals surface area (Å²) >= 11 is 6.51. The van der Waals surface area contributed by atoms with Crippen LogP contribution in [0.25, 0.3) is 22.2 Å². The highest BCUT2D eigenvalue weighted by molar-refractivity contribution is 7.90. The van der Waals surface area contributed by atoms with Crippen LogP contribution >= 0.6 is 11.6 Å². The van der Waals surface area contributed by atoms with Gasteiger partial charge in [0, 0.05) is 48.6 Å². The van der Waals surface area contributed by atoms with E-state index in [9.17, 15) is 12.8 Å². The molecule has 9 nitrogen and oxygen atoms in total. The molecule has 3 aromatic carbocycles. The third-order valence-corrected chi connectivity index (χ3v) is 8.66. The van der Waals surface area contributed by atoms with E-state index in [0.29, 0.717) is 46.7 Å². The van der Waals surface area contributed by atoms with Gasteiger partial charge in [-0.3, -0.25) is 4.90 Å². The zero-order valence-electron chi connectivity index (χ0n) is 24.0. The maximum absolute atomic E-state index is 13.5. The average Bonchev–Trinajstić information content (AvgIpc) is 3.43. The first-order valence-electron chi connectivity index (χ1n) is 14.1. The molecule has 0 spiro atoms. The molecule has 0 radical (unpaired) electrons. The topological polar surface area (TPSA) is 110 Å². The van der Waals surface area contributed by atoms with Gasteiger partial charge < -0.3 is 19.8 Å². The van der Waals surface area contributed by atoms with Crippen LogP contribution in [0.3, 0.4) is 0 Å². The Labute approximate surface area is 259 Å². The number of nitrogens with zero attached hydrogens (tertiary/aromatic N) is 3. The van der Waals surface area contributed by atoms with E-state index >= 15 is 0 Å². The van der Waals surface area contributed by atoms with Gasteiger partial charge >= 0.3 is 0 Å². The molecule has 0 unspecified atom stereocenters. The summed E-state index contributed by atoms with van der Waals surface area (Å²) in [6.45, 7) is 2.82. The van der Waals surface area contributed by atoms with Crippen molar-refractivity contribution >= 4 is 43.8 Å². The van der Waals surface area contributed by atoms with Crippen molar-refractivity contribution in [2.24, 2.45) is 0 Å². The van der Waals surface area contributed by atoms with Crippen molar-refractivity contribution in [3.63, 3.8) is 0 Å². The molecule has 1 aliphatic rings. The summed E-state index contributed by atoms with van der Waals surface area (Å²) in [6, 6.07) is 21.5. The fourth-order valence-electron chi connectivity index (χ4n) is 4.95. The standard InChI is InChI=1S/C32H31ClFN5O4S/c1-44(40,41)12-11-39(25-16-35-17-25)18-26-7-10-30(43-26)22-5-8-29-27(14-22)32(37-20-36-29)38-24-6-9-31(28(33)15-24)42-19-21-3-2-4-23(34)13-21/h2-10,13-15,20,25,35H,11-12,16-19H2,1H3,(H,36,37,38). The minimum Gasteiger partial charge on any atom is -0.487 e. The molecule has 1 saturated heterocycles. The molecule has 2 aromatic heterocycles. The second-order valence-electron chi connectivity index (χ2n) is 10.8. The number of furan rings is 1. The lowest BCUT2D eigenvalue weighted by Gasteiger charge is -2.37. The van der Waals surface area contributed by atoms with Gasteiger partial charge in [-0.2, -0.15) is 0 Å². The highest BCUT2D eigenvalue weighted by Crippen LogP contribution is 2.33. The van der Waals surface area contributed by atoms with Crippen molar-refractivity contribution in [2.45, 2.75) is 19.2 Å². The van der Waals surface area contributed by atoms with Crippen LogP contribution in [-0.2, 0) is 23.0 Å². The average molecular weight is 636 g/mol. The van der Waals surface area contributed by atoms with E-state index in [2.05, 4.69) is 25.5 Å². The fraction of sp³-hybridized carbons (Fsp3) is 0.250. The maximum atomic E-state index is 13.5. The zero-order chi connectivity index (χ0) is 30.7. The van der Waals surface area contributed by atoms with E-state index < -0.39 is 9.84 Å². The number of rotatable bonds is 12. The Morgan fingerprint density at radius 1 is 1.09 bits per heavy atom. The van der Waals surface area contributed by atoms with Gasteiger partial charge in [-0.1, -0.05) is 23.7 Å². The molecule has 1 aliphatic heterocycles. The van der Waals surface area contributed by atoms with Gasteiger partial charge in [0.25, 0.3) is 0 Å². The predicted molar refractivity (Wildman–Crippen MR) is 169 cm³/mol. The Morgan fingerprint density at radius 3 is 2.70 bits per heavy atom. The number of anilines is 2. The van der Waals surface area contributed by atoms with Crippen LogP contribution in [0.1, 0.15) is 11.3 Å². The smallest absolute Gasteiger partial charge is 0.148 e. The molecule has 3 heterocycles. The van der Waals surface area contributed by atoms with E-state index in [1.165, 1.54) is 24.7 Å². The lowest BCUT2D eigenvalue weighted by Crippen LogP contribution is -2.57. The SMILES string of the molecule is CS(=O)(=O)CCN(Cc1ccc(-c2ccc3ncnc(Nc4ccc(OCc5cccc(F)c5)c(Cl)c4)c3c2)o1)C1CNC1. The first-order chi connectivity index (χ1) is 21.2. The van der Waals surface area contributed by atoms with Gasteiger partial charge in [-0.05, 0) is 66.2 Å². The number of halogens is 2. The molecule has 1 fully saturated rings. The molecule has 0 saturated carbocycles. The van der Waals surface area contributed by atoms with Crippen LogP contribution < -0.4 is 15.4 Å². The van der Waals surface area contributed by atoms with Crippen molar-refractivity contribution in [1.82, 2.24) is 20.2 Å². The van der Waals surface area contributed by atoms with Crippen LogP contribution in [0.5, 0.6) is 5.75 Å². The molecule has 44 heavy (non-hydrogen) atoms. The third-order valence-electron chi connectivity index (χ3n) is 7.44. The van der Waals surface area contributed by atoms with Crippen LogP contribution in [0, 0.1) is 5.82 Å². The normalized spacial score (nSPS) is 13.7. The summed E-state index contributed by atoms with van der Waals surface area (Å²) in [7, 11) is -3.07. The molecule has 2 N–H and O–H groups in total. The van der Waals surface area contributed by atoms with Gasteiger partial charge in [-0.15, -0.1) is 0 Å². The maximum Gasteiger partial charge on any atom is 0.148 e. The number of ether oxygens (including phenoxy) is 1. The molecular weight excluding hydrogens is 605 g/mol. The summed E-state index contributed by atoms with van der Waals surface area (Å²) in [5.41, 5.74) is 3.02. The summed E-state index contributed by atoms with van der Waals surface area (Å²) in [5.74, 6) is 2.31. The second kappa shape index (κ2) is 12.9. The molecule has 0 aliphatic carbocycles. The number of sulfone groups is 1. The first-order valence-corrected chi connectivity index (χ1v) is 16.5. The Hall–Kier alpha value is -4.03. The Morgan fingerprint density at radius 2 is 1.95 bits per heavy atom. The third kappa shape index (κ3) is 7.36. The number of hydrogen-bond acceptors (Lipinski definition) is 9. The van der Waals surface area contributed by atoms with Gasteiger partial charge in [-0.25, -0.2) is 22.8 Å². The van der Waals surface area contributed by atoms with Crippen molar-refractivity contribution in [2.75, 3.05) is 37.0 Å². The van der Waals surface area contributed by atoms with E-state index in [-0.39, 0.29) is 24.2 Å². The van der Waals surface area contributed by atoms with Crippen LogP contribution in [0.15, 0.2) is 83.5 Å². The molecule has 228 valence electrons. The molecule has 0 atom stereocenters. The van der Waals surface area contributed by atoms with Gasteiger partial charge in [0.2, 0.25) is 0 Å². The summed E-state index contributed by atoms with van der Waals surface area (Å²) in [4.78, 5) is 11.0. The summed E-state index contributed by atoms with van der Waals surface area (Å²) < 4.78 is 49.0. The molecule has 12 heteroatoms. The van der Waals surface area contributed by atoms with Crippen LogP contribution in [0.4, 0.5) is 15.9 Å². The largest absolute Gasteiger partial charge is 0.487 e. The summed E-state index contributed by atoms with van der Waals surface area (Å²) in [6.07, 6.45) is 2.75. The highest BCUT2D eigenvalue weighted by Gasteiger charge is 2.26. The zero-order valence-corrected chi connectivity index (χ0v) is 25.5. The van der Waals surface area contributed by atoms with E-state index in [1.54, 1.807) is 24.3 Å². The van der Waals surface area contributed by atoms with Crippen LogP contribution in [-0.4, -0.2) is 61.0 Å². The first kappa shape index (κ1) is 30.0. The van der Waals surface area contributed by atoms with Gasteiger partial charge in [0.05, 0.1) is 22.8 Å². The monoisotopic (exact) mass is 635 g/mol. The summed E-state index contributed by atoms with van der Waals surface area (Å²) in [5, 5.41) is 7.77. The molecule has 0 bridgehead atoms. The number of hydrogen-bond donors (Lipinski definition) is 2. The predicted octanol–water partition coefficient (Wildman–Crippen LogP) is 5.82. The van der Waals surface area contributed by atoms with Crippen molar-refractivity contribution < 1.29 is 22.0 Å². The van der Waals surface area contributed by atoms with E-state index in [0.717, 1.165) is 35.3 Å². The van der Waals surface area contributed by atoms with Crippen LogP contribution in [0.2, 0.25) is 5.02 Å². The Kier molecular flexibility index (Phi) is 8.81. The van der Waals surface area contributed by atoms with Crippen molar-refractivity contribution in [3.05, 3.63) is 101 Å². The lowest BCUT2D eigenvalue weighted by atomic mass is 10.1. The fourth-order valence-corrected chi connectivity index (χ4v) is 5.75. The second-order valence-corrected chi connectivity index (χ2v) is 13.5. The Balaban J connectivity index is 1.17. The number of aromatic nitrogens is 2. The Bertz CT molecular complexity index is 1900. The quantitative estimate of drug-likeness (QED) is 0.175. The van der Waals surface area contributed by atoms with E-state index in [1.807, 2.05) is 36.4 Å². The number of fused-ring (bicyclic) bond motifs is 1.